The summed E-state index contributed by atoms with van der Waals surface area (Å²) in [5.41, 5.74) is 3.88. The Labute approximate surface area is 150 Å². The quantitative estimate of drug-likeness (QED) is 0.373. The molecule has 5 heteroatoms. The molecular weight excluding hydrogens is 312 g/mol. The van der Waals surface area contributed by atoms with E-state index < -0.39 is 0 Å². The van der Waals surface area contributed by atoms with Crippen molar-refractivity contribution < 1.29 is 4.74 Å². The Morgan fingerprint density at radius 2 is 2.20 bits per heavy atom. The molecule has 136 valence electrons. The number of hydrogen-bond donors (Lipinski definition) is 3. The van der Waals surface area contributed by atoms with E-state index in [1.807, 2.05) is 0 Å². The Morgan fingerprint density at radius 3 is 3.00 bits per heavy atom. The van der Waals surface area contributed by atoms with E-state index in [9.17, 15) is 0 Å². The third kappa shape index (κ3) is 5.23. The van der Waals surface area contributed by atoms with E-state index in [1.165, 1.54) is 34.9 Å². The highest BCUT2D eigenvalue weighted by atomic mass is 16.5. The number of rotatable bonds is 9. The SMILES string of the molecule is CCNC(=NCCOCC1CC1)NCCc1c[nH]c2cccc(C)c12. The van der Waals surface area contributed by atoms with Gasteiger partial charge >= 0.3 is 0 Å². The molecule has 0 spiro atoms. The predicted molar refractivity (Wildman–Crippen MR) is 104 cm³/mol. The summed E-state index contributed by atoms with van der Waals surface area (Å²) < 4.78 is 5.64. The molecule has 0 bridgehead atoms. The molecule has 5 nitrogen and oxygen atoms in total. The van der Waals surface area contributed by atoms with Crippen LogP contribution < -0.4 is 10.6 Å². The molecule has 1 aliphatic rings. The maximum Gasteiger partial charge on any atom is 0.191 e. The predicted octanol–water partition coefficient (Wildman–Crippen LogP) is 3.00. The molecule has 1 saturated carbocycles. The molecule has 0 aliphatic heterocycles. The fourth-order valence-corrected chi connectivity index (χ4v) is 3.06. The Balaban J connectivity index is 1.46. The maximum absolute atomic E-state index is 5.64. The first-order valence-corrected chi connectivity index (χ1v) is 9.43. The van der Waals surface area contributed by atoms with Crippen molar-refractivity contribution in [1.82, 2.24) is 15.6 Å². The van der Waals surface area contributed by atoms with Gasteiger partial charge in [-0.05, 0) is 56.2 Å². The normalized spacial score (nSPS) is 14.9. The molecule has 1 aromatic carbocycles. The number of guanidine groups is 1. The fraction of sp³-hybridized carbons (Fsp3) is 0.550. The third-order valence-corrected chi connectivity index (χ3v) is 4.58. The van der Waals surface area contributed by atoms with Crippen LogP contribution in [-0.2, 0) is 11.2 Å². The van der Waals surface area contributed by atoms with E-state index in [-0.39, 0.29) is 0 Å². The Hall–Kier alpha value is -2.01. The topological polar surface area (TPSA) is 61.4 Å². The molecule has 1 aliphatic carbocycles. The highest BCUT2D eigenvalue weighted by molar-refractivity contribution is 5.86. The number of aromatic amines is 1. The van der Waals surface area contributed by atoms with Crippen LogP contribution in [0.5, 0.6) is 0 Å². The molecule has 1 aromatic heterocycles. The lowest BCUT2D eigenvalue weighted by molar-refractivity contribution is 0.131. The van der Waals surface area contributed by atoms with Crippen molar-refractivity contribution in [3.05, 3.63) is 35.5 Å². The molecule has 0 amide bonds. The zero-order valence-corrected chi connectivity index (χ0v) is 15.4. The summed E-state index contributed by atoms with van der Waals surface area (Å²) in [4.78, 5) is 7.96. The number of ether oxygens (including phenoxy) is 1. The van der Waals surface area contributed by atoms with Crippen LogP contribution in [0, 0.1) is 12.8 Å². The number of nitrogens with one attached hydrogen (secondary N) is 3. The van der Waals surface area contributed by atoms with Gasteiger partial charge in [0.15, 0.2) is 5.96 Å². The molecule has 25 heavy (non-hydrogen) atoms. The average molecular weight is 342 g/mol. The van der Waals surface area contributed by atoms with Gasteiger partial charge in [0.25, 0.3) is 0 Å². The van der Waals surface area contributed by atoms with Crippen LogP contribution in [-0.4, -0.2) is 43.8 Å². The monoisotopic (exact) mass is 342 g/mol. The van der Waals surface area contributed by atoms with Crippen LogP contribution in [0.4, 0.5) is 0 Å². The summed E-state index contributed by atoms with van der Waals surface area (Å²) in [5.74, 6) is 1.68. The van der Waals surface area contributed by atoms with Crippen molar-refractivity contribution in [1.29, 1.82) is 0 Å². The number of aromatic nitrogens is 1. The van der Waals surface area contributed by atoms with Crippen molar-refractivity contribution >= 4 is 16.9 Å². The fourth-order valence-electron chi connectivity index (χ4n) is 3.06. The minimum absolute atomic E-state index is 0.703. The van der Waals surface area contributed by atoms with Crippen molar-refractivity contribution in [2.24, 2.45) is 10.9 Å². The van der Waals surface area contributed by atoms with Gasteiger partial charge in [-0.3, -0.25) is 4.99 Å². The van der Waals surface area contributed by atoms with Crippen LogP contribution >= 0.6 is 0 Å². The zero-order valence-electron chi connectivity index (χ0n) is 15.4. The minimum Gasteiger partial charge on any atom is -0.379 e. The van der Waals surface area contributed by atoms with Gasteiger partial charge in [0.1, 0.15) is 0 Å². The molecule has 1 fully saturated rings. The largest absolute Gasteiger partial charge is 0.379 e. The summed E-state index contributed by atoms with van der Waals surface area (Å²) >= 11 is 0. The molecule has 2 aromatic rings. The van der Waals surface area contributed by atoms with Crippen molar-refractivity contribution in [2.75, 3.05) is 32.8 Å². The van der Waals surface area contributed by atoms with Gasteiger partial charge in [-0.25, -0.2) is 0 Å². The summed E-state index contributed by atoms with van der Waals surface area (Å²) in [6, 6.07) is 6.39. The second-order valence-corrected chi connectivity index (χ2v) is 6.77. The van der Waals surface area contributed by atoms with E-state index in [0.29, 0.717) is 13.2 Å². The van der Waals surface area contributed by atoms with E-state index in [0.717, 1.165) is 38.0 Å². The van der Waals surface area contributed by atoms with Gasteiger partial charge in [-0.1, -0.05) is 12.1 Å². The Morgan fingerprint density at radius 1 is 1.32 bits per heavy atom. The maximum atomic E-state index is 5.64. The van der Waals surface area contributed by atoms with Gasteiger partial charge in [0.2, 0.25) is 0 Å². The lowest BCUT2D eigenvalue weighted by Crippen LogP contribution is -2.38. The second kappa shape index (κ2) is 8.90. The van der Waals surface area contributed by atoms with E-state index in [4.69, 9.17) is 4.74 Å². The number of H-pyrrole nitrogens is 1. The van der Waals surface area contributed by atoms with Crippen LogP contribution in [0.1, 0.15) is 30.9 Å². The molecule has 0 radical (unpaired) electrons. The van der Waals surface area contributed by atoms with Gasteiger partial charge in [0.05, 0.1) is 13.2 Å². The third-order valence-electron chi connectivity index (χ3n) is 4.58. The number of aliphatic imine (C=N–C) groups is 1. The van der Waals surface area contributed by atoms with Crippen molar-refractivity contribution in [3.63, 3.8) is 0 Å². The van der Waals surface area contributed by atoms with Crippen LogP contribution in [0.2, 0.25) is 0 Å². The molecule has 0 unspecified atom stereocenters. The smallest absolute Gasteiger partial charge is 0.191 e. The summed E-state index contributed by atoms with van der Waals surface area (Å²) in [5, 5.41) is 8.07. The highest BCUT2D eigenvalue weighted by Crippen LogP contribution is 2.28. The van der Waals surface area contributed by atoms with E-state index >= 15 is 0 Å². The zero-order chi connectivity index (χ0) is 17.5. The summed E-state index contributed by atoms with van der Waals surface area (Å²) in [6.45, 7) is 8.28. The van der Waals surface area contributed by atoms with Gasteiger partial charge in [-0.2, -0.15) is 0 Å². The lowest BCUT2D eigenvalue weighted by atomic mass is 10.1. The van der Waals surface area contributed by atoms with Gasteiger partial charge < -0.3 is 20.4 Å². The molecular formula is C20H30N4O. The molecule has 1 heterocycles. The second-order valence-electron chi connectivity index (χ2n) is 6.77. The van der Waals surface area contributed by atoms with Crippen LogP contribution in [0.25, 0.3) is 10.9 Å². The summed E-state index contributed by atoms with van der Waals surface area (Å²) in [7, 11) is 0. The Kier molecular flexibility index (Phi) is 6.34. The molecule has 0 saturated heterocycles. The molecule has 3 rings (SSSR count). The van der Waals surface area contributed by atoms with Crippen LogP contribution in [0.15, 0.2) is 29.4 Å². The van der Waals surface area contributed by atoms with Crippen LogP contribution in [0.3, 0.4) is 0 Å². The first-order chi connectivity index (χ1) is 12.3. The summed E-state index contributed by atoms with van der Waals surface area (Å²) in [6.07, 6.45) is 5.75. The number of fused-ring (bicyclic) bond motifs is 1. The van der Waals surface area contributed by atoms with Gasteiger partial charge in [-0.15, -0.1) is 0 Å². The van der Waals surface area contributed by atoms with E-state index in [1.54, 1.807) is 0 Å². The Bertz CT molecular complexity index is 703. The average Bonchev–Trinajstić information content (AvgIpc) is 3.34. The number of benzene rings is 1. The number of aryl methyl sites for hydroxylation is 1. The lowest BCUT2D eigenvalue weighted by Gasteiger charge is -2.11. The van der Waals surface area contributed by atoms with E-state index in [2.05, 4.69) is 58.9 Å². The number of nitrogens with zero attached hydrogens (tertiary/aromatic N) is 1. The van der Waals surface area contributed by atoms with Crippen molar-refractivity contribution in [3.8, 4) is 0 Å². The standard InChI is InChI=1S/C20H30N4O/c1-3-21-20(23-11-12-25-14-16-7-8-16)22-10-9-17-13-24-18-6-4-5-15(2)19(17)18/h4-6,13,16,24H,3,7-12,14H2,1-2H3,(H2,21,22,23). The highest BCUT2D eigenvalue weighted by Gasteiger charge is 2.20. The van der Waals surface area contributed by atoms with Gasteiger partial charge in [0, 0.05) is 36.8 Å². The molecule has 0 atom stereocenters. The molecule has 3 N–H and O–H groups in total. The van der Waals surface area contributed by atoms with Crippen molar-refractivity contribution in [2.45, 2.75) is 33.1 Å². The first kappa shape index (κ1) is 17.8. The number of hydrogen-bond acceptors (Lipinski definition) is 2. The minimum atomic E-state index is 0.703. The first-order valence-electron chi connectivity index (χ1n) is 9.43.